The van der Waals surface area contributed by atoms with Crippen LogP contribution >= 0.6 is 0 Å². The molecule has 23 heavy (non-hydrogen) atoms. The maximum Gasteiger partial charge on any atom is 0.331 e. The van der Waals surface area contributed by atoms with Crippen molar-refractivity contribution in [2.24, 2.45) is 7.05 Å². The van der Waals surface area contributed by atoms with E-state index < -0.39 is 0 Å². The Balaban J connectivity index is 1.89. The van der Waals surface area contributed by atoms with E-state index in [1.165, 1.54) is 7.05 Å². The lowest BCUT2D eigenvalue weighted by Gasteiger charge is -2.12. The Morgan fingerprint density at radius 3 is 2.70 bits per heavy atom. The van der Waals surface area contributed by atoms with Gasteiger partial charge in [-0.05, 0) is 29.8 Å². The van der Waals surface area contributed by atoms with E-state index in [-0.39, 0.29) is 18.0 Å². The van der Waals surface area contributed by atoms with E-state index in [9.17, 15) is 9.59 Å². The van der Waals surface area contributed by atoms with E-state index in [2.05, 4.69) is 0 Å². The molecule has 0 spiro atoms. The number of rotatable bonds is 2. The summed E-state index contributed by atoms with van der Waals surface area (Å²) in [5, 5.41) is 0.523. The molecule has 0 unspecified atom stereocenters. The predicted octanol–water partition coefficient (Wildman–Crippen LogP) is 1.48. The summed E-state index contributed by atoms with van der Waals surface area (Å²) >= 11 is 0. The fraction of sp³-hybridized carbons (Fsp3) is 0.176. The van der Waals surface area contributed by atoms with Gasteiger partial charge in [0, 0.05) is 7.05 Å². The molecule has 6 nitrogen and oxygen atoms in total. The van der Waals surface area contributed by atoms with Crippen molar-refractivity contribution in [2.45, 2.75) is 6.54 Å². The molecule has 0 fully saturated rings. The van der Waals surface area contributed by atoms with Gasteiger partial charge in [0.2, 0.25) is 6.79 Å². The van der Waals surface area contributed by atoms with Crippen molar-refractivity contribution in [3.63, 3.8) is 0 Å². The van der Waals surface area contributed by atoms with Gasteiger partial charge >= 0.3 is 5.69 Å². The van der Waals surface area contributed by atoms with Gasteiger partial charge in [-0.25, -0.2) is 4.79 Å². The fourth-order valence-corrected chi connectivity index (χ4v) is 2.82. The topological polar surface area (TPSA) is 62.5 Å². The first-order chi connectivity index (χ1) is 11.1. The molecule has 3 aromatic rings. The van der Waals surface area contributed by atoms with Gasteiger partial charge < -0.3 is 9.47 Å². The van der Waals surface area contributed by atoms with Crippen molar-refractivity contribution >= 4 is 10.9 Å². The van der Waals surface area contributed by atoms with Crippen LogP contribution in [0.15, 0.2) is 52.1 Å². The summed E-state index contributed by atoms with van der Waals surface area (Å²) in [4.78, 5) is 24.7. The summed E-state index contributed by atoms with van der Waals surface area (Å²) < 4.78 is 13.4. The summed E-state index contributed by atoms with van der Waals surface area (Å²) in [5.74, 6) is 1.37. The lowest BCUT2D eigenvalue weighted by Crippen LogP contribution is -2.38. The van der Waals surface area contributed by atoms with E-state index in [0.717, 1.165) is 10.1 Å². The molecule has 2 aromatic carbocycles. The van der Waals surface area contributed by atoms with E-state index >= 15 is 0 Å². The van der Waals surface area contributed by atoms with Gasteiger partial charge in [-0.2, -0.15) is 0 Å². The van der Waals surface area contributed by atoms with Crippen molar-refractivity contribution in [1.29, 1.82) is 0 Å². The molecule has 116 valence electrons. The Kier molecular flexibility index (Phi) is 2.97. The summed E-state index contributed by atoms with van der Waals surface area (Å²) in [6.45, 7) is 0.561. The number of hydrogen-bond donors (Lipinski definition) is 0. The van der Waals surface area contributed by atoms with Gasteiger partial charge in [-0.15, -0.1) is 0 Å². The van der Waals surface area contributed by atoms with Crippen LogP contribution in [-0.4, -0.2) is 15.9 Å². The molecular weight excluding hydrogens is 296 g/mol. The molecule has 4 rings (SSSR count). The number of nitrogens with zero attached hydrogens (tertiary/aromatic N) is 2. The van der Waals surface area contributed by atoms with Crippen LogP contribution in [0.4, 0.5) is 0 Å². The molecule has 0 saturated carbocycles. The van der Waals surface area contributed by atoms with E-state index in [0.29, 0.717) is 28.9 Å². The molecule has 0 aliphatic carbocycles. The molecule has 2 heterocycles. The summed E-state index contributed by atoms with van der Waals surface area (Å²) in [6, 6.07) is 12.7. The predicted molar refractivity (Wildman–Crippen MR) is 85.1 cm³/mol. The Morgan fingerprint density at radius 1 is 1.04 bits per heavy atom. The molecule has 1 aliphatic rings. The minimum atomic E-state index is -0.341. The van der Waals surface area contributed by atoms with Gasteiger partial charge in [0.25, 0.3) is 5.56 Å². The third kappa shape index (κ3) is 2.11. The van der Waals surface area contributed by atoms with Crippen LogP contribution in [0.25, 0.3) is 10.9 Å². The molecule has 0 bridgehead atoms. The molecule has 1 aliphatic heterocycles. The number of benzene rings is 2. The lowest BCUT2D eigenvalue weighted by molar-refractivity contribution is 0.174. The Morgan fingerprint density at radius 2 is 1.83 bits per heavy atom. The third-order valence-electron chi connectivity index (χ3n) is 4.03. The normalized spacial score (nSPS) is 12.7. The number of fused-ring (bicyclic) bond motifs is 2. The van der Waals surface area contributed by atoms with E-state index in [1.807, 2.05) is 24.3 Å². The Labute approximate surface area is 131 Å². The lowest BCUT2D eigenvalue weighted by atomic mass is 10.2. The minimum Gasteiger partial charge on any atom is -0.454 e. The second-order valence-corrected chi connectivity index (χ2v) is 5.44. The molecule has 0 atom stereocenters. The van der Waals surface area contributed by atoms with Crippen molar-refractivity contribution in [3.8, 4) is 11.5 Å². The Bertz CT molecular complexity index is 1030. The van der Waals surface area contributed by atoms with Crippen LogP contribution in [-0.2, 0) is 13.6 Å². The first-order valence-corrected chi connectivity index (χ1v) is 7.22. The highest BCUT2D eigenvalue weighted by atomic mass is 16.7. The maximum atomic E-state index is 12.5. The van der Waals surface area contributed by atoms with Crippen LogP contribution in [0.3, 0.4) is 0 Å². The van der Waals surface area contributed by atoms with Crippen LogP contribution in [0.1, 0.15) is 5.56 Å². The van der Waals surface area contributed by atoms with E-state index in [4.69, 9.17) is 9.47 Å². The fourth-order valence-electron chi connectivity index (χ4n) is 2.82. The summed E-state index contributed by atoms with van der Waals surface area (Å²) in [7, 11) is 1.49. The zero-order chi connectivity index (χ0) is 16.0. The first kappa shape index (κ1) is 13.6. The number of ether oxygens (including phenoxy) is 2. The third-order valence-corrected chi connectivity index (χ3v) is 4.03. The van der Waals surface area contributed by atoms with Crippen molar-refractivity contribution < 1.29 is 9.47 Å². The highest BCUT2D eigenvalue weighted by molar-refractivity contribution is 5.77. The summed E-state index contributed by atoms with van der Waals surface area (Å²) in [6.07, 6.45) is 0. The molecule has 6 heteroatoms. The minimum absolute atomic E-state index is 0.210. The highest BCUT2D eigenvalue weighted by Gasteiger charge is 2.15. The van der Waals surface area contributed by atoms with Gasteiger partial charge in [0.05, 0.1) is 17.4 Å². The molecule has 1 aromatic heterocycles. The molecule has 0 amide bonds. The van der Waals surface area contributed by atoms with E-state index in [1.54, 1.807) is 22.8 Å². The maximum absolute atomic E-state index is 12.5. The molecule has 0 radical (unpaired) electrons. The standard InChI is InChI=1S/C17H14N2O4/c1-18-16(20)12-4-2-3-5-13(12)19(17(18)21)9-11-6-7-14-15(8-11)23-10-22-14/h2-8H,9-10H2,1H3. The quantitative estimate of drug-likeness (QED) is 0.719. The number of para-hydroxylation sites is 1. The highest BCUT2D eigenvalue weighted by Crippen LogP contribution is 2.32. The average molecular weight is 310 g/mol. The Hall–Kier alpha value is -3.02. The molecule has 0 N–H and O–H groups in total. The SMILES string of the molecule is Cn1c(=O)c2ccccc2n(Cc2ccc3c(c2)OCO3)c1=O. The van der Waals surface area contributed by atoms with Crippen LogP contribution in [0.2, 0.25) is 0 Å². The van der Waals surface area contributed by atoms with Crippen LogP contribution < -0.4 is 20.7 Å². The van der Waals surface area contributed by atoms with Gasteiger partial charge in [0.15, 0.2) is 11.5 Å². The van der Waals surface area contributed by atoms with Crippen LogP contribution in [0, 0.1) is 0 Å². The zero-order valence-corrected chi connectivity index (χ0v) is 12.5. The van der Waals surface area contributed by atoms with Gasteiger partial charge in [-0.3, -0.25) is 13.9 Å². The van der Waals surface area contributed by atoms with Crippen LogP contribution in [0.5, 0.6) is 11.5 Å². The second kappa shape index (κ2) is 5.01. The summed E-state index contributed by atoms with van der Waals surface area (Å²) in [5.41, 5.74) is 0.900. The zero-order valence-electron chi connectivity index (χ0n) is 12.5. The molecule has 0 saturated heterocycles. The first-order valence-electron chi connectivity index (χ1n) is 7.22. The van der Waals surface area contributed by atoms with Crippen molar-refractivity contribution in [1.82, 2.24) is 9.13 Å². The molecular formula is C17H14N2O4. The monoisotopic (exact) mass is 310 g/mol. The number of aromatic nitrogens is 2. The second-order valence-electron chi connectivity index (χ2n) is 5.44. The number of hydrogen-bond acceptors (Lipinski definition) is 4. The largest absolute Gasteiger partial charge is 0.454 e. The van der Waals surface area contributed by atoms with Gasteiger partial charge in [-0.1, -0.05) is 18.2 Å². The smallest absolute Gasteiger partial charge is 0.331 e. The van der Waals surface area contributed by atoms with Gasteiger partial charge in [0.1, 0.15) is 0 Å². The van der Waals surface area contributed by atoms with Crippen molar-refractivity contribution in [2.75, 3.05) is 6.79 Å². The average Bonchev–Trinajstić information content (AvgIpc) is 3.04. The van der Waals surface area contributed by atoms with Crippen molar-refractivity contribution in [3.05, 3.63) is 68.9 Å².